The van der Waals surface area contributed by atoms with Gasteiger partial charge in [-0.05, 0) is 0 Å². The third kappa shape index (κ3) is 4.31. The van der Waals surface area contributed by atoms with E-state index < -0.39 is 5.97 Å². The van der Waals surface area contributed by atoms with Crippen molar-refractivity contribution in [1.82, 2.24) is 9.66 Å². The van der Waals surface area contributed by atoms with Crippen LogP contribution < -0.4 is 11.2 Å². The van der Waals surface area contributed by atoms with E-state index in [1.807, 2.05) is 0 Å². The van der Waals surface area contributed by atoms with Crippen molar-refractivity contribution in [3.8, 4) is 0 Å². The topological polar surface area (TPSA) is 106 Å². The number of nitrogens with two attached hydrogens (primary N) is 1. The zero-order valence-electron chi connectivity index (χ0n) is 7.12. The summed E-state index contributed by atoms with van der Waals surface area (Å²) in [5, 5.41) is 8.28. The van der Waals surface area contributed by atoms with Gasteiger partial charge in [0.2, 0.25) is 5.96 Å². The van der Waals surface area contributed by atoms with E-state index in [9.17, 15) is 4.79 Å². The number of hydrogen-bond donors (Lipinski definition) is 3. The number of nitrogens with one attached hydrogen (secondary N) is 1. The van der Waals surface area contributed by atoms with Crippen molar-refractivity contribution in [2.24, 2.45) is 10.7 Å². The van der Waals surface area contributed by atoms with Gasteiger partial charge in [-0.15, -0.1) is 12.4 Å². The third-order valence-corrected chi connectivity index (χ3v) is 1.13. The number of aliphatic imine (C=N–C) groups is 1. The number of nitrogens with zero attached hydrogens (tertiary/aromatic N) is 3. The van der Waals surface area contributed by atoms with Crippen molar-refractivity contribution in [1.29, 1.82) is 0 Å². The molecule has 0 saturated carbocycles. The summed E-state index contributed by atoms with van der Waals surface area (Å²) in [6.45, 7) is -0.354. The van der Waals surface area contributed by atoms with Crippen LogP contribution in [0, 0.1) is 0 Å². The monoisotopic (exact) mass is 219 g/mol. The number of carboxylic acid groups (broad SMARTS) is 1. The number of aliphatic carboxylic acids is 1. The molecule has 0 aliphatic carbocycles. The maximum Gasteiger partial charge on any atom is 0.325 e. The number of aromatic nitrogens is 2. The van der Waals surface area contributed by atoms with Gasteiger partial charge in [0, 0.05) is 12.4 Å². The Labute approximate surface area is 86.0 Å². The van der Waals surface area contributed by atoms with E-state index in [1.165, 1.54) is 11.0 Å². The first-order valence-corrected chi connectivity index (χ1v) is 3.45. The smallest absolute Gasteiger partial charge is 0.325 e. The molecule has 0 saturated heterocycles. The number of carbonyl (C=O) groups is 1. The maximum atomic E-state index is 10.1. The Morgan fingerprint density at radius 3 is 2.93 bits per heavy atom. The van der Waals surface area contributed by atoms with Crippen LogP contribution in [0.1, 0.15) is 0 Å². The fraction of sp³-hybridized carbons (Fsp3) is 0.167. The molecule has 78 valence electrons. The molecule has 0 amide bonds. The van der Waals surface area contributed by atoms with Crippen LogP contribution in [0.4, 0.5) is 0 Å². The quantitative estimate of drug-likeness (QED) is 0.458. The van der Waals surface area contributed by atoms with Crippen LogP contribution in [-0.2, 0) is 4.79 Å². The standard InChI is InChI=1S/C6H9N5O2.ClH/c7-6(9-3-5(12)13)10-11-2-1-8-4-11;/h1-2,4H,3H2,(H,12,13)(H3,7,9,10);1H. The molecule has 0 aliphatic heterocycles. The molecule has 0 unspecified atom stereocenters. The SMILES string of the molecule is Cl.NC(=NCC(=O)O)Nn1ccnc1. The molecule has 1 aromatic heterocycles. The fourth-order valence-corrected chi connectivity index (χ4v) is 0.646. The lowest BCUT2D eigenvalue weighted by Gasteiger charge is -2.03. The summed E-state index contributed by atoms with van der Waals surface area (Å²) in [4.78, 5) is 17.4. The number of rotatable bonds is 3. The first-order chi connectivity index (χ1) is 6.18. The highest BCUT2D eigenvalue weighted by atomic mass is 35.5. The van der Waals surface area contributed by atoms with E-state index >= 15 is 0 Å². The summed E-state index contributed by atoms with van der Waals surface area (Å²) in [6.07, 6.45) is 4.64. The molecule has 7 nitrogen and oxygen atoms in total. The average molecular weight is 220 g/mol. The molecule has 0 aromatic carbocycles. The average Bonchev–Trinajstić information content (AvgIpc) is 2.53. The van der Waals surface area contributed by atoms with E-state index in [-0.39, 0.29) is 24.9 Å². The lowest BCUT2D eigenvalue weighted by Crippen LogP contribution is -2.30. The summed E-state index contributed by atoms with van der Waals surface area (Å²) in [5.41, 5.74) is 7.94. The number of carboxylic acids is 1. The first kappa shape index (κ1) is 12.2. The molecular formula is C6H10ClN5O2. The summed E-state index contributed by atoms with van der Waals surface area (Å²) in [5.74, 6) is -1.00. The van der Waals surface area contributed by atoms with E-state index in [0.717, 1.165) is 0 Å². The first-order valence-electron chi connectivity index (χ1n) is 3.45. The minimum Gasteiger partial charge on any atom is -0.480 e. The summed E-state index contributed by atoms with van der Waals surface area (Å²) < 4.78 is 1.46. The largest absolute Gasteiger partial charge is 0.480 e. The van der Waals surface area contributed by atoms with Crippen LogP contribution in [0.15, 0.2) is 23.7 Å². The number of guanidine groups is 1. The predicted molar refractivity (Wildman–Crippen MR) is 53.0 cm³/mol. The zero-order chi connectivity index (χ0) is 9.68. The van der Waals surface area contributed by atoms with Crippen molar-refractivity contribution in [2.45, 2.75) is 0 Å². The van der Waals surface area contributed by atoms with Crippen LogP contribution in [0.25, 0.3) is 0 Å². The van der Waals surface area contributed by atoms with Gasteiger partial charge in [0.1, 0.15) is 12.9 Å². The molecule has 1 rings (SSSR count). The fourth-order valence-electron chi connectivity index (χ4n) is 0.646. The van der Waals surface area contributed by atoms with Crippen LogP contribution in [0.2, 0.25) is 0 Å². The summed E-state index contributed by atoms with van der Waals surface area (Å²) in [7, 11) is 0. The second kappa shape index (κ2) is 5.81. The summed E-state index contributed by atoms with van der Waals surface area (Å²) >= 11 is 0. The van der Waals surface area contributed by atoms with Crippen molar-refractivity contribution in [3.63, 3.8) is 0 Å². The molecule has 8 heteroatoms. The second-order valence-corrected chi connectivity index (χ2v) is 2.18. The van der Waals surface area contributed by atoms with Gasteiger partial charge in [0.05, 0.1) is 0 Å². The molecule has 1 heterocycles. The van der Waals surface area contributed by atoms with Crippen LogP contribution in [0.3, 0.4) is 0 Å². The molecule has 0 bridgehead atoms. The minimum absolute atomic E-state index is 0. The van der Waals surface area contributed by atoms with Crippen molar-refractivity contribution >= 4 is 24.3 Å². The Morgan fingerprint density at radius 2 is 2.43 bits per heavy atom. The minimum atomic E-state index is -1.03. The molecule has 0 atom stereocenters. The van der Waals surface area contributed by atoms with Gasteiger partial charge in [-0.25, -0.2) is 14.7 Å². The molecule has 14 heavy (non-hydrogen) atoms. The van der Waals surface area contributed by atoms with E-state index in [2.05, 4.69) is 15.4 Å². The van der Waals surface area contributed by atoms with Crippen molar-refractivity contribution < 1.29 is 9.90 Å². The van der Waals surface area contributed by atoms with E-state index in [0.29, 0.717) is 0 Å². The van der Waals surface area contributed by atoms with Crippen molar-refractivity contribution in [3.05, 3.63) is 18.7 Å². The molecule has 4 N–H and O–H groups in total. The van der Waals surface area contributed by atoms with Crippen LogP contribution in [-0.4, -0.2) is 33.2 Å². The molecule has 1 aromatic rings. The Bertz CT molecular complexity index is 310. The third-order valence-electron chi connectivity index (χ3n) is 1.13. The lowest BCUT2D eigenvalue weighted by molar-refractivity contribution is -0.135. The second-order valence-electron chi connectivity index (χ2n) is 2.18. The molecular weight excluding hydrogens is 210 g/mol. The van der Waals surface area contributed by atoms with Crippen LogP contribution >= 0.6 is 12.4 Å². The van der Waals surface area contributed by atoms with E-state index in [1.54, 1.807) is 12.4 Å². The number of halogens is 1. The molecule has 0 aliphatic rings. The van der Waals surface area contributed by atoms with Gasteiger partial charge >= 0.3 is 5.97 Å². The summed E-state index contributed by atoms with van der Waals surface area (Å²) in [6, 6.07) is 0. The highest BCUT2D eigenvalue weighted by Crippen LogP contribution is 1.79. The zero-order valence-corrected chi connectivity index (χ0v) is 7.94. The Morgan fingerprint density at radius 1 is 1.71 bits per heavy atom. The van der Waals surface area contributed by atoms with Crippen molar-refractivity contribution in [2.75, 3.05) is 12.0 Å². The Hall–Kier alpha value is -1.76. The molecule has 0 radical (unpaired) electrons. The number of imidazole rings is 1. The Balaban J connectivity index is 0.00000169. The van der Waals surface area contributed by atoms with Gasteiger partial charge < -0.3 is 10.8 Å². The highest BCUT2D eigenvalue weighted by Gasteiger charge is 1.95. The Kier molecular flexibility index (Phi) is 5.08. The van der Waals surface area contributed by atoms with Gasteiger partial charge in [-0.1, -0.05) is 0 Å². The number of hydrogen-bond acceptors (Lipinski definition) is 3. The van der Waals surface area contributed by atoms with Crippen LogP contribution in [0.5, 0.6) is 0 Å². The van der Waals surface area contributed by atoms with Gasteiger partial charge in [0.15, 0.2) is 0 Å². The molecule has 0 spiro atoms. The van der Waals surface area contributed by atoms with Gasteiger partial charge in [0.25, 0.3) is 0 Å². The van der Waals surface area contributed by atoms with E-state index in [4.69, 9.17) is 10.8 Å². The maximum absolute atomic E-state index is 10.1. The normalized spacial score (nSPS) is 10.4. The lowest BCUT2D eigenvalue weighted by atomic mass is 10.7. The van der Waals surface area contributed by atoms with Gasteiger partial charge in [-0.2, -0.15) is 0 Å². The highest BCUT2D eigenvalue weighted by molar-refractivity contribution is 5.87. The predicted octanol–water partition coefficient (Wildman–Crippen LogP) is -0.752. The van der Waals surface area contributed by atoms with Gasteiger partial charge in [-0.3, -0.25) is 10.2 Å². The molecule has 0 fully saturated rings.